The van der Waals surface area contributed by atoms with E-state index < -0.39 is 0 Å². The Morgan fingerprint density at radius 2 is 1.13 bits per heavy atom. The first-order valence-corrected chi connectivity index (χ1v) is 8.63. The number of aryl methyl sites for hydroxylation is 2. The summed E-state index contributed by atoms with van der Waals surface area (Å²) in [5, 5.41) is 21.2. The Labute approximate surface area is 138 Å². The summed E-state index contributed by atoms with van der Waals surface area (Å²) in [4.78, 5) is 0. The van der Waals surface area contributed by atoms with Gasteiger partial charge in [0, 0.05) is 16.5 Å². The molecule has 1 aliphatic carbocycles. The zero-order chi connectivity index (χ0) is 16.4. The van der Waals surface area contributed by atoms with Gasteiger partial charge in [-0.1, -0.05) is 61.1 Å². The number of phenols is 2. The maximum Gasteiger partial charge on any atom is 0.119 e. The van der Waals surface area contributed by atoms with Crippen molar-refractivity contribution >= 4 is 0 Å². The van der Waals surface area contributed by atoms with E-state index in [1.807, 2.05) is 12.1 Å². The van der Waals surface area contributed by atoms with E-state index in [1.165, 1.54) is 12.8 Å². The van der Waals surface area contributed by atoms with Crippen LogP contribution in [0.15, 0.2) is 36.4 Å². The van der Waals surface area contributed by atoms with Crippen LogP contribution in [0.5, 0.6) is 11.5 Å². The number of rotatable bonds is 2. The minimum atomic E-state index is -0.289. The second kappa shape index (κ2) is 6.27. The molecule has 0 amide bonds. The highest BCUT2D eigenvalue weighted by Gasteiger charge is 2.38. The molecule has 2 nitrogen and oxygen atoms in total. The standard InChI is InChI=1S/C21H26O2/c1-15-7-9-19(22)17(13-15)21(11-5-3-4-6-12-21)18-14-16(2)8-10-20(18)23/h7-10,13-14,22-23H,3-6,11-12H2,1-2H3. The Bertz CT molecular complexity index is 641. The SMILES string of the molecule is Cc1ccc(O)c(C2(c3cc(C)ccc3O)CCCCCC2)c1. The second-order valence-corrected chi connectivity index (χ2v) is 7.04. The highest BCUT2D eigenvalue weighted by atomic mass is 16.3. The van der Waals surface area contributed by atoms with Crippen molar-refractivity contribution in [2.75, 3.05) is 0 Å². The highest BCUT2D eigenvalue weighted by molar-refractivity contribution is 5.53. The van der Waals surface area contributed by atoms with Gasteiger partial charge in [-0.05, 0) is 38.8 Å². The Morgan fingerprint density at radius 3 is 1.57 bits per heavy atom. The fraction of sp³-hybridized carbons (Fsp3) is 0.429. The van der Waals surface area contributed by atoms with Crippen molar-refractivity contribution in [3.05, 3.63) is 58.7 Å². The third-order valence-electron chi connectivity index (χ3n) is 5.29. The normalized spacial score (nSPS) is 17.7. The molecule has 2 N–H and O–H groups in total. The van der Waals surface area contributed by atoms with Crippen LogP contribution in [0.2, 0.25) is 0 Å². The van der Waals surface area contributed by atoms with E-state index in [0.717, 1.165) is 47.9 Å². The zero-order valence-corrected chi connectivity index (χ0v) is 14.1. The van der Waals surface area contributed by atoms with Crippen molar-refractivity contribution in [2.24, 2.45) is 0 Å². The summed E-state index contributed by atoms with van der Waals surface area (Å²) in [6.07, 6.45) is 6.64. The molecule has 0 atom stereocenters. The largest absolute Gasteiger partial charge is 0.508 e. The second-order valence-electron chi connectivity index (χ2n) is 7.04. The number of benzene rings is 2. The van der Waals surface area contributed by atoms with Crippen LogP contribution in [0.25, 0.3) is 0 Å². The van der Waals surface area contributed by atoms with Crippen molar-refractivity contribution < 1.29 is 10.2 Å². The summed E-state index contributed by atoms with van der Waals surface area (Å²) in [7, 11) is 0. The van der Waals surface area contributed by atoms with Crippen LogP contribution in [-0.2, 0) is 5.41 Å². The van der Waals surface area contributed by atoms with E-state index in [-0.39, 0.29) is 5.41 Å². The molecule has 0 aliphatic heterocycles. The van der Waals surface area contributed by atoms with Crippen LogP contribution in [0.1, 0.15) is 60.8 Å². The molecule has 0 spiro atoms. The molecule has 1 fully saturated rings. The first-order chi connectivity index (χ1) is 11.0. The lowest BCUT2D eigenvalue weighted by atomic mass is 9.68. The monoisotopic (exact) mass is 310 g/mol. The maximum absolute atomic E-state index is 10.6. The molecule has 0 heterocycles. The third-order valence-corrected chi connectivity index (χ3v) is 5.29. The van der Waals surface area contributed by atoms with Gasteiger partial charge < -0.3 is 10.2 Å². The fourth-order valence-corrected chi connectivity index (χ4v) is 4.08. The van der Waals surface area contributed by atoms with Crippen molar-refractivity contribution in [3.63, 3.8) is 0 Å². The summed E-state index contributed by atoms with van der Waals surface area (Å²) in [5.41, 5.74) is 3.95. The minimum Gasteiger partial charge on any atom is -0.508 e. The number of aromatic hydroxyl groups is 2. The first-order valence-electron chi connectivity index (χ1n) is 8.63. The van der Waals surface area contributed by atoms with E-state index in [4.69, 9.17) is 0 Å². The van der Waals surface area contributed by atoms with Gasteiger partial charge in [0.25, 0.3) is 0 Å². The average molecular weight is 310 g/mol. The molecule has 0 saturated heterocycles. The average Bonchev–Trinajstić information content (AvgIpc) is 2.79. The van der Waals surface area contributed by atoms with Crippen LogP contribution in [0.3, 0.4) is 0 Å². The summed E-state index contributed by atoms with van der Waals surface area (Å²) in [5.74, 6) is 0.691. The quantitative estimate of drug-likeness (QED) is 0.734. The van der Waals surface area contributed by atoms with E-state index in [1.54, 1.807) is 12.1 Å². The minimum absolute atomic E-state index is 0.289. The van der Waals surface area contributed by atoms with Gasteiger partial charge in [0.05, 0.1) is 0 Å². The molecule has 2 heteroatoms. The van der Waals surface area contributed by atoms with Gasteiger partial charge >= 0.3 is 0 Å². The van der Waals surface area contributed by atoms with Crippen LogP contribution < -0.4 is 0 Å². The smallest absolute Gasteiger partial charge is 0.119 e. The van der Waals surface area contributed by atoms with E-state index in [2.05, 4.69) is 26.0 Å². The molecule has 0 aromatic heterocycles. The molecule has 1 aliphatic rings. The van der Waals surface area contributed by atoms with Gasteiger partial charge in [-0.25, -0.2) is 0 Å². The first kappa shape index (κ1) is 15.9. The van der Waals surface area contributed by atoms with Crippen molar-refractivity contribution in [2.45, 2.75) is 57.8 Å². The molecular weight excluding hydrogens is 284 g/mol. The van der Waals surface area contributed by atoms with Gasteiger partial charge in [0.15, 0.2) is 0 Å². The summed E-state index contributed by atoms with van der Waals surface area (Å²) < 4.78 is 0. The van der Waals surface area contributed by atoms with Gasteiger partial charge in [-0.2, -0.15) is 0 Å². The molecule has 0 unspecified atom stereocenters. The molecule has 1 saturated carbocycles. The predicted octanol–water partition coefficient (Wildman–Crippen LogP) is 5.35. The molecule has 2 aromatic rings. The Morgan fingerprint density at radius 1 is 0.696 bits per heavy atom. The van der Waals surface area contributed by atoms with E-state index >= 15 is 0 Å². The van der Waals surface area contributed by atoms with Gasteiger partial charge in [-0.3, -0.25) is 0 Å². The molecule has 23 heavy (non-hydrogen) atoms. The molecular formula is C21H26O2. The Kier molecular flexibility index (Phi) is 4.34. The van der Waals surface area contributed by atoms with E-state index in [9.17, 15) is 10.2 Å². The van der Waals surface area contributed by atoms with Crippen LogP contribution >= 0.6 is 0 Å². The van der Waals surface area contributed by atoms with Crippen molar-refractivity contribution in [3.8, 4) is 11.5 Å². The van der Waals surface area contributed by atoms with Gasteiger partial charge in [-0.15, -0.1) is 0 Å². The van der Waals surface area contributed by atoms with Crippen LogP contribution in [0, 0.1) is 13.8 Å². The van der Waals surface area contributed by atoms with Crippen molar-refractivity contribution in [1.29, 1.82) is 0 Å². The number of hydrogen-bond acceptors (Lipinski definition) is 2. The van der Waals surface area contributed by atoms with Gasteiger partial charge in [0.2, 0.25) is 0 Å². The zero-order valence-electron chi connectivity index (χ0n) is 14.1. The number of hydrogen-bond donors (Lipinski definition) is 2. The van der Waals surface area contributed by atoms with Gasteiger partial charge in [0.1, 0.15) is 11.5 Å². The highest BCUT2D eigenvalue weighted by Crippen LogP contribution is 2.49. The third kappa shape index (κ3) is 2.95. The molecule has 0 bridgehead atoms. The molecule has 122 valence electrons. The predicted molar refractivity (Wildman–Crippen MR) is 94.2 cm³/mol. The van der Waals surface area contributed by atoms with E-state index in [0.29, 0.717) is 11.5 Å². The molecule has 0 radical (unpaired) electrons. The summed E-state index contributed by atoms with van der Waals surface area (Å²) in [6.45, 7) is 4.12. The maximum atomic E-state index is 10.6. The van der Waals surface area contributed by atoms with Crippen molar-refractivity contribution in [1.82, 2.24) is 0 Å². The molecule has 2 aromatic carbocycles. The lowest BCUT2D eigenvalue weighted by Crippen LogP contribution is -2.27. The fourth-order valence-electron chi connectivity index (χ4n) is 4.08. The summed E-state index contributed by atoms with van der Waals surface area (Å²) in [6, 6.07) is 11.7. The Balaban J connectivity index is 2.26. The molecule has 3 rings (SSSR count). The Hall–Kier alpha value is -1.96. The summed E-state index contributed by atoms with van der Waals surface area (Å²) >= 11 is 0. The lowest BCUT2D eigenvalue weighted by molar-refractivity contribution is 0.383. The number of phenolic OH excluding ortho intramolecular Hbond substituents is 2. The lowest BCUT2D eigenvalue weighted by Gasteiger charge is -2.35. The van der Waals surface area contributed by atoms with Crippen LogP contribution in [0.4, 0.5) is 0 Å². The van der Waals surface area contributed by atoms with Crippen LogP contribution in [-0.4, -0.2) is 10.2 Å². The topological polar surface area (TPSA) is 40.5 Å².